The van der Waals surface area contributed by atoms with E-state index in [0.717, 1.165) is 23.1 Å². The number of rotatable bonds is 9. The Morgan fingerprint density at radius 3 is 1.97 bits per heavy atom. The van der Waals surface area contributed by atoms with Gasteiger partial charge in [0.2, 0.25) is 5.91 Å². The second kappa shape index (κ2) is 11.8. The number of hydrogen-bond donors (Lipinski definition) is 1. The number of amides is 2. The maximum absolute atomic E-state index is 13.1. The van der Waals surface area contributed by atoms with Gasteiger partial charge in [0.1, 0.15) is 5.78 Å². The summed E-state index contributed by atoms with van der Waals surface area (Å²) in [6.45, 7) is 3.42. The van der Waals surface area contributed by atoms with Crippen LogP contribution in [-0.4, -0.2) is 42.1 Å². The third kappa shape index (κ3) is 5.73. The van der Waals surface area contributed by atoms with Gasteiger partial charge in [-0.3, -0.25) is 14.4 Å². The number of nitrogens with zero attached hydrogens (tertiary/aromatic N) is 1. The number of piperidine rings is 1. The van der Waals surface area contributed by atoms with Gasteiger partial charge < -0.3 is 10.2 Å². The predicted octanol–water partition coefficient (Wildman–Crippen LogP) is 5.40. The van der Waals surface area contributed by atoms with Crippen LogP contribution in [0.15, 0.2) is 84.9 Å². The van der Waals surface area contributed by atoms with Crippen LogP contribution in [0, 0.1) is 0 Å². The summed E-state index contributed by atoms with van der Waals surface area (Å²) in [4.78, 5) is 40.4. The molecule has 1 N–H and O–H groups in total. The Kier molecular flexibility index (Phi) is 8.32. The number of benzene rings is 3. The molecule has 1 aliphatic rings. The van der Waals surface area contributed by atoms with E-state index >= 15 is 0 Å². The molecule has 1 heterocycles. The molecule has 36 heavy (non-hydrogen) atoms. The number of Topliss-reactive ketones (excluding diaryl/α,β-unsaturated/α-hetero) is 1. The number of hydrogen-bond acceptors (Lipinski definition) is 3. The van der Waals surface area contributed by atoms with Gasteiger partial charge in [0.15, 0.2) is 0 Å². The second-order valence-electron chi connectivity index (χ2n) is 9.45. The third-order valence-electron chi connectivity index (χ3n) is 7.19. The molecule has 0 aromatic heterocycles. The maximum Gasteiger partial charge on any atom is 0.251 e. The van der Waals surface area contributed by atoms with Crippen molar-refractivity contribution in [2.75, 3.05) is 19.6 Å². The van der Waals surface area contributed by atoms with Crippen molar-refractivity contribution in [3.63, 3.8) is 0 Å². The molecule has 1 aliphatic heterocycles. The number of likely N-dealkylation sites (tertiary alicyclic amines) is 1. The van der Waals surface area contributed by atoms with E-state index in [1.165, 1.54) is 0 Å². The van der Waals surface area contributed by atoms with Crippen molar-refractivity contribution < 1.29 is 14.4 Å². The summed E-state index contributed by atoms with van der Waals surface area (Å²) < 4.78 is 0. The molecule has 0 saturated carbocycles. The lowest BCUT2D eigenvalue weighted by Crippen LogP contribution is -2.49. The number of ketones is 1. The Morgan fingerprint density at radius 1 is 0.778 bits per heavy atom. The van der Waals surface area contributed by atoms with Crippen molar-refractivity contribution in [3.05, 3.63) is 96.1 Å². The van der Waals surface area contributed by atoms with E-state index < -0.39 is 5.41 Å². The molecule has 0 atom stereocenters. The van der Waals surface area contributed by atoms with E-state index in [0.29, 0.717) is 37.9 Å². The number of carbonyl (C=O) groups is 3. The van der Waals surface area contributed by atoms with Crippen molar-refractivity contribution >= 4 is 17.6 Å². The molecule has 3 aromatic carbocycles. The summed E-state index contributed by atoms with van der Waals surface area (Å²) in [7, 11) is 0. The van der Waals surface area contributed by atoms with Crippen LogP contribution in [0.4, 0.5) is 0 Å². The minimum absolute atomic E-state index is 0.0133. The predicted molar refractivity (Wildman–Crippen MR) is 143 cm³/mol. The van der Waals surface area contributed by atoms with Crippen molar-refractivity contribution in [3.8, 4) is 11.1 Å². The van der Waals surface area contributed by atoms with E-state index in [9.17, 15) is 14.4 Å². The molecule has 2 amide bonds. The minimum Gasteiger partial charge on any atom is -0.352 e. The van der Waals surface area contributed by atoms with Crippen LogP contribution < -0.4 is 5.32 Å². The zero-order valence-electron chi connectivity index (χ0n) is 20.9. The zero-order chi connectivity index (χ0) is 25.4. The molecule has 0 aliphatic carbocycles. The van der Waals surface area contributed by atoms with Gasteiger partial charge in [0.05, 0.1) is 5.41 Å². The highest BCUT2D eigenvalue weighted by atomic mass is 16.2. The second-order valence-corrected chi connectivity index (χ2v) is 9.45. The van der Waals surface area contributed by atoms with Crippen LogP contribution in [0.3, 0.4) is 0 Å². The topological polar surface area (TPSA) is 66.5 Å². The molecule has 0 spiro atoms. The summed E-state index contributed by atoms with van der Waals surface area (Å²) in [5, 5.41) is 2.86. The summed E-state index contributed by atoms with van der Waals surface area (Å²) in [6, 6.07) is 27.5. The Balaban J connectivity index is 1.28. The monoisotopic (exact) mass is 482 g/mol. The maximum atomic E-state index is 13.1. The number of carbonyl (C=O) groups excluding carboxylic acids is 3. The van der Waals surface area contributed by atoms with Gasteiger partial charge in [-0.15, -0.1) is 0 Å². The average molecular weight is 483 g/mol. The minimum atomic E-state index is -0.506. The fourth-order valence-electron chi connectivity index (χ4n) is 5.08. The lowest BCUT2D eigenvalue weighted by Gasteiger charge is -2.41. The molecule has 1 saturated heterocycles. The molecule has 5 heteroatoms. The van der Waals surface area contributed by atoms with Gasteiger partial charge in [-0.25, -0.2) is 0 Å². The highest BCUT2D eigenvalue weighted by Crippen LogP contribution is 2.38. The van der Waals surface area contributed by atoms with E-state index in [1.54, 1.807) is 12.1 Å². The molecular formula is C31H34N2O3. The van der Waals surface area contributed by atoms with Gasteiger partial charge in [-0.2, -0.15) is 0 Å². The number of nitrogens with one attached hydrogen (secondary N) is 1. The smallest absolute Gasteiger partial charge is 0.251 e. The Labute approximate surface area is 213 Å². The van der Waals surface area contributed by atoms with Gasteiger partial charge in [-0.05, 0) is 48.1 Å². The summed E-state index contributed by atoms with van der Waals surface area (Å²) >= 11 is 0. The first kappa shape index (κ1) is 25.4. The standard InChI is InChI=1S/C31H34N2O3/c1-2-9-28(34)31(27-12-7-4-8-13-27)19-22-33(23-20-31)29(35)18-21-32-30(36)26-16-14-25(15-17-26)24-10-5-3-6-11-24/h3-8,10-17H,2,9,18-23H2,1H3,(H,32,36). The molecule has 5 nitrogen and oxygen atoms in total. The average Bonchev–Trinajstić information content (AvgIpc) is 2.94. The quantitative estimate of drug-likeness (QED) is 0.444. The van der Waals surface area contributed by atoms with Crippen LogP contribution in [0.5, 0.6) is 0 Å². The first-order valence-corrected chi connectivity index (χ1v) is 12.8. The van der Waals surface area contributed by atoms with Crippen molar-refractivity contribution in [1.29, 1.82) is 0 Å². The Morgan fingerprint density at radius 2 is 1.36 bits per heavy atom. The highest BCUT2D eigenvalue weighted by Gasteiger charge is 2.42. The van der Waals surface area contributed by atoms with Gasteiger partial charge in [-0.1, -0.05) is 79.7 Å². The van der Waals surface area contributed by atoms with Gasteiger partial charge in [0, 0.05) is 38.0 Å². The van der Waals surface area contributed by atoms with E-state index in [2.05, 4.69) is 5.32 Å². The fraction of sp³-hybridized carbons (Fsp3) is 0.323. The summed E-state index contributed by atoms with van der Waals surface area (Å²) in [5.74, 6) is 0.0995. The zero-order valence-corrected chi connectivity index (χ0v) is 20.9. The van der Waals surface area contributed by atoms with Gasteiger partial charge in [0.25, 0.3) is 5.91 Å². The lowest BCUT2D eigenvalue weighted by molar-refractivity contribution is -0.136. The molecule has 0 unspecified atom stereocenters. The van der Waals surface area contributed by atoms with Crippen molar-refractivity contribution in [1.82, 2.24) is 10.2 Å². The van der Waals surface area contributed by atoms with Crippen molar-refractivity contribution in [2.24, 2.45) is 0 Å². The molecule has 0 radical (unpaired) electrons. The molecular weight excluding hydrogens is 448 g/mol. The summed E-state index contributed by atoms with van der Waals surface area (Å²) in [6.07, 6.45) is 2.91. The van der Waals surface area contributed by atoms with Crippen LogP contribution in [-0.2, 0) is 15.0 Å². The summed E-state index contributed by atoms with van der Waals surface area (Å²) in [5.41, 5.74) is 3.28. The first-order valence-electron chi connectivity index (χ1n) is 12.8. The normalized spacial score (nSPS) is 14.8. The molecule has 3 aromatic rings. The van der Waals surface area contributed by atoms with E-state index in [4.69, 9.17) is 0 Å². The van der Waals surface area contributed by atoms with E-state index in [-0.39, 0.29) is 30.6 Å². The van der Waals surface area contributed by atoms with Gasteiger partial charge >= 0.3 is 0 Å². The van der Waals surface area contributed by atoms with E-state index in [1.807, 2.05) is 84.6 Å². The lowest BCUT2D eigenvalue weighted by atomic mass is 9.68. The molecule has 0 bridgehead atoms. The molecule has 4 rings (SSSR count). The first-order chi connectivity index (χ1) is 17.5. The van der Waals surface area contributed by atoms with Crippen LogP contribution in [0.25, 0.3) is 11.1 Å². The molecule has 186 valence electrons. The van der Waals surface area contributed by atoms with Crippen LogP contribution >= 0.6 is 0 Å². The fourth-order valence-corrected chi connectivity index (χ4v) is 5.08. The molecule has 1 fully saturated rings. The van der Waals surface area contributed by atoms with Crippen LogP contribution in [0.1, 0.15) is 54.9 Å². The SMILES string of the molecule is CCCC(=O)C1(c2ccccc2)CCN(C(=O)CCNC(=O)c2ccc(-c3ccccc3)cc2)CC1. The van der Waals surface area contributed by atoms with Crippen molar-refractivity contribution in [2.45, 2.75) is 44.4 Å². The Hall–Kier alpha value is -3.73. The highest BCUT2D eigenvalue weighted by molar-refractivity contribution is 5.95. The Bertz CT molecular complexity index is 1170. The largest absolute Gasteiger partial charge is 0.352 e. The van der Waals surface area contributed by atoms with Crippen LogP contribution in [0.2, 0.25) is 0 Å². The third-order valence-corrected chi connectivity index (χ3v) is 7.19.